The summed E-state index contributed by atoms with van der Waals surface area (Å²) in [6.45, 7) is 4.72. The quantitative estimate of drug-likeness (QED) is 0.761. The molecular formula is C13H19N3OS2. The number of thiophene rings is 1. The first-order chi connectivity index (χ1) is 9.35. The first-order valence-corrected chi connectivity index (χ1v) is 8.13. The van der Waals surface area contributed by atoms with Crippen LogP contribution in [0.4, 0.5) is 0 Å². The lowest BCUT2D eigenvalue weighted by Crippen LogP contribution is -2.21. The van der Waals surface area contributed by atoms with Gasteiger partial charge in [0.05, 0.1) is 11.5 Å². The summed E-state index contributed by atoms with van der Waals surface area (Å²) >= 11 is 3.45. The highest BCUT2D eigenvalue weighted by molar-refractivity contribution is 7.20. The first kappa shape index (κ1) is 14.6. The van der Waals surface area contributed by atoms with Crippen molar-refractivity contribution in [3.05, 3.63) is 22.0 Å². The van der Waals surface area contributed by atoms with E-state index in [2.05, 4.69) is 33.9 Å². The number of hydrogen-bond acceptors (Lipinski definition) is 6. The van der Waals surface area contributed by atoms with E-state index in [0.717, 1.165) is 42.6 Å². The van der Waals surface area contributed by atoms with Gasteiger partial charge in [-0.05, 0) is 23.4 Å². The summed E-state index contributed by atoms with van der Waals surface area (Å²) in [5.74, 6) is 0. The lowest BCUT2D eigenvalue weighted by atomic mass is 10.2. The maximum atomic E-state index is 4.99. The molecule has 0 fully saturated rings. The van der Waals surface area contributed by atoms with Crippen molar-refractivity contribution in [3.8, 4) is 9.88 Å². The van der Waals surface area contributed by atoms with E-state index < -0.39 is 0 Å². The van der Waals surface area contributed by atoms with Crippen molar-refractivity contribution in [2.24, 2.45) is 0 Å². The monoisotopic (exact) mass is 297 g/mol. The van der Waals surface area contributed by atoms with E-state index in [1.807, 2.05) is 0 Å². The molecule has 0 saturated carbocycles. The number of rotatable bonds is 8. The van der Waals surface area contributed by atoms with Crippen molar-refractivity contribution in [2.45, 2.75) is 19.8 Å². The van der Waals surface area contributed by atoms with Crippen molar-refractivity contribution < 1.29 is 4.74 Å². The molecule has 2 heterocycles. The predicted molar refractivity (Wildman–Crippen MR) is 81.0 cm³/mol. The van der Waals surface area contributed by atoms with E-state index in [1.54, 1.807) is 29.8 Å². The maximum Gasteiger partial charge on any atom is 0.158 e. The first-order valence-electron chi connectivity index (χ1n) is 6.44. The second-order valence-corrected chi connectivity index (χ2v) is 6.10. The highest BCUT2D eigenvalue weighted by Gasteiger charge is 2.11. The van der Waals surface area contributed by atoms with Crippen LogP contribution in [0, 0.1) is 0 Å². The topological polar surface area (TPSA) is 47.0 Å². The smallest absolute Gasteiger partial charge is 0.158 e. The van der Waals surface area contributed by atoms with Crippen LogP contribution in [-0.4, -0.2) is 37.0 Å². The molecule has 6 heteroatoms. The van der Waals surface area contributed by atoms with E-state index in [0.29, 0.717) is 0 Å². The van der Waals surface area contributed by atoms with Crippen molar-refractivity contribution >= 4 is 22.7 Å². The highest BCUT2D eigenvalue weighted by Crippen LogP contribution is 2.32. The van der Waals surface area contributed by atoms with Crippen LogP contribution in [-0.2, 0) is 17.6 Å². The summed E-state index contributed by atoms with van der Waals surface area (Å²) < 4.78 is 4.99. The van der Waals surface area contributed by atoms with E-state index in [-0.39, 0.29) is 0 Å². The van der Waals surface area contributed by atoms with Gasteiger partial charge in [-0.15, -0.1) is 21.5 Å². The van der Waals surface area contributed by atoms with Crippen LogP contribution in [0.1, 0.15) is 17.5 Å². The summed E-state index contributed by atoms with van der Waals surface area (Å²) in [6, 6.07) is 2.17. The summed E-state index contributed by atoms with van der Waals surface area (Å²) in [4.78, 5) is 1.28. The molecule has 4 nitrogen and oxygen atoms in total. The van der Waals surface area contributed by atoms with Gasteiger partial charge in [-0.1, -0.05) is 18.3 Å². The molecule has 0 aliphatic carbocycles. The SMILES string of the molecule is CCc1ccsc1-c1nnc(CCNCCOC)s1. The van der Waals surface area contributed by atoms with Gasteiger partial charge in [-0.3, -0.25) is 0 Å². The molecule has 0 bridgehead atoms. The lowest BCUT2D eigenvalue weighted by Gasteiger charge is -2.00. The van der Waals surface area contributed by atoms with Gasteiger partial charge in [-0.2, -0.15) is 0 Å². The molecule has 0 atom stereocenters. The molecule has 0 amide bonds. The van der Waals surface area contributed by atoms with Crippen LogP contribution in [0.5, 0.6) is 0 Å². The lowest BCUT2D eigenvalue weighted by molar-refractivity contribution is 0.199. The van der Waals surface area contributed by atoms with Gasteiger partial charge < -0.3 is 10.1 Å². The Morgan fingerprint density at radius 2 is 2.21 bits per heavy atom. The zero-order chi connectivity index (χ0) is 13.5. The molecule has 2 rings (SSSR count). The Bertz CT molecular complexity index is 496. The molecule has 0 radical (unpaired) electrons. The third kappa shape index (κ3) is 4.07. The van der Waals surface area contributed by atoms with Crippen LogP contribution < -0.4 is 5.32 Å². The molecule has 0 aromatic carbocycles. The Morgan fingerprint density at radius 1 is 1.32 bits per heavy atom. The second kappa shape index (κ2) is 7.69. The molecule has 0 spiro atoms. The fraction of sp³-hybridized carbons (Fsp3) is 0.538. The minimum atomic E-state index is 0.746. The van der Waals surface area contributed by atoms with Crippen LogP contribution in [0.15, 0.2) is 11.4 Å². The number of aryl methyl sites for hydroxylation is 1. The van der Waals surface area contributed by atoms with Gasteiger partial charge in [0.25, 0.3) is 0 Å². The van der Waals surface area contributed by atoms with E-state index in [4.69, 9.17) is 4.74 Å². The summed E-state index contributed by atoms with van der Waals surface area (Å²) in [5.41, 5.74) is 1.37. The zero-order valence-electron chi connectivity index (χ0n) is 11.3. The van der Waals surface area contributed by atoms with E-state index in [9.17, 15) is 0 Å². The molecule has 0 unspecified atom stereocenters. The molecule has 2 aromatic rings. The largest absolute Gasteiger partial charge is 0.383 e. The summed E-state index contributed by atoms with van der Waals surface area (Å²) in [6.07, 6.45) is 1.97. The van der Waals surface area contributed by atoms with E-state index >= 15 is 0 Å². The Balaban J connectivity index is 1.88. The minimum Gasteiger partial charge on any atom is -0.383 e. The number of hydrogen-bond donors (Lipinski definition) is 1. The normalized spacial score (nSPS) is 11.1. The van der Waals surface area contributed by atoms with Crippen LogP contribution in [0.2, 0.25) is 0 Å². The maximum absolute atomic E-state index is 4.99. The Morgan fingerprint density at radius 3 is 3.00 bits per heavy atom. The number of nitrogens with one attached hydrogen (secondary N) is 1. The Hall–Kier alpha value is -0.820. The van der Waals surface area contributed by atoms with Gasteiger partial charge in [-0.25, -0.2) is 0 Å². The Kier molecular flexibility index (Phi) is 5.91. The molecule has 0 aliphatic heterocycles. The van der Waals surface area contributed by atoms with Crippen LogP contribution in [0.3, 0.4) is 0 Å². The molecule has 104 valence electrons. The zero-order valence-corrected chi connectivity index (χ0v) is 12.9. The van der Waals surface area contributed by atoms with Crippen molar-refractivity contribution in [1.29, 1.82) is 0 Å². The van der Waals surface area contributed by atoms with Gasteiger partial charge in [0.1, 0.15) is 5.01 Å². The molecule has 1 N–H and O–H groups in total. The fourth-order valence-electron chi connectivity index (χ4n) is 1.74. The molecule has 0 aliphatic rings. The molecule has 19 heavy (non-hydrogen) atoms. The second-order valence-electron chi connectivity index (χ2n) is 4.12. The average Bonchev–Trinajstić information content (AvgIpc) is 3.06. The standard InChI is InChI=1S/C13H19N3OS2/c1-3-10-5-9-18-12(10)13-16-15-11(19-13)4-6-14-7-8-17-2/h5,9,14H,3-4,6-8H2,1-2H3. The van der Waals surface area contributed by atoms with Crippen LogP contribution >= 0.6 is 22.7 Å². The van der Waals surface area contributed by atoms with Gasteiger partial charge in [0.15, 0.2) is 5.01 Å². The number of aromatic nitrogens is 2. The third-order valence-electron chi connectivity index (χ3n) is 2.79. The predicted octanol–water partition coefficient (Wildman–Crippen LogP) is 2.61. The van der Waals surface area contributed by atoms with Gasteiger partial charge in [0, 0.05) is 26.6 Å². The van der Waals surface area contributed by atoms with Gasteiger partial charge in [0.2, 0.25) is 0 Å². The molecule has 2 aromatic heterocycles. The third-order valence-corrected chi connectivity index (χ3v) is 4.88. The van der Waals surface area contributed by atoms with Crippen LogP contribution in [0.25, 0.3) is 9.88 Å². The van der Waals surface area contributed by atoms with Gasteiger partial charge >= 0.3 is 0 Å². The fourth-order valence-corrected chi connectivity index (χ4v) is 3.70. The highest BCUT2D eigenvalue weighted by atomic mass is 32.1. The van der Waals surface area contributed by atoms with Crippen molar-refractivity contribution in [3.63, 3.8) is 0 Å². The number of nitrogens with zero attached hydrogens (tertiary/aromatic N) is 2. The molecular weight excluding hydrogens is 278 g/mol. The minimum absolute atomic E-state index is 0.746. The van der Waals surface area contributed by atoms with Crippen molar-refractivity contribution in [1.82, 2.24) is 15.5 Å². The summed E-state index contributed by atoms with van der Waals surface area (Å²) in [7, 11) is 1.71. The average molecular weight is 297 g/mol. The van der Waals surface area contributed by atoms with Crippen molar-refractivity contribution in [2.75, 3.05) is 26.8 Å². The number of methoxy groups -OCH3 is 1. The van der Waals surface area contributed by atoms with E-state index in [1.165, 1.54) is 10.4 Å². The Labute approximate surface area is 121 Å². The number of ether oxygens (including phenoxy) is 1. The molecule has 0 saturated heterocycles. The summed E-state index contributed by atoms with van der Waals surface area (Å²) in [5, 5.41) is 16.2.